The first-order valence-electron chi connectivity index (χ1n) is 7.48. The van der Waals surface area contributed by atoms with E-state index in [0.29, 0.717) is 24.7 Å². The van der Waals surface area contributed by atoms with Crippen molar-refractivity contribution in [3.8, 4) is 5.75 Å². The van der Waals surface area contributed by atoms with Crippen molar-refractivity contribution in [1.29, 1.82) is 0 Å². The Morgan fingerprint density at radius 1 is 1.36 bits per heavy atom. The van der Waals surface area contributed by atoms with Crippen molar-refractivity contribution in [3.63, 3.8) is 0 Å². The molecule has 1 aromatic rings. The van der Waals surface area contributed by atoms with Crippen molar-refractivity contribution in [1.82, 2.24) is 10.2 Å². The number of rotatable bonds is 4. The molecule has 2 fully saturated rings. The molecule has 6 heteroatoms. The summed E-state index contributed by atoms with van der Waals surface area (Å²) in [6.07, 6.45) is 1.02. The van der Waals surface area contributed by atoms with Crippen LogP contribution in [0.4, 0.5) is 4.39 Å². The second-order valence-electron chi connectivity index (χ2n) is 5.95. The summed E-state index contributed by atoms with van der Waals surface area (Å²) in [6.45, 7) is 3.79. The van der Waals surface area contributed by atoms with Gasteiger partial charge in [-0.25, -0.2) is 4.39 Å². The average Bonchev–Trinajstić information content (AvgIpc) is 3.06. The van der Waals surface area contributed by atoms with Gasteiger partial charge < -0.3 is 15.0 Å². The van der Waals surface area contributed by atoms with Crippen LogP contribution >= 0.6 is 12.4 Å². The summed E-state index contributed by atoms with van der Waals surface area (Å²) >= 11 is 0. The van der Waals surface area contributed by atoms with Gasteiger partial charge in [0.2, 0.25) is 5.91 Å². The van der Waals surface area contributed by atoms with E-state index in [1.165, 1.54) is 13.2 Å². The molecule has 0 aromatic heterocycles. The Labute approximate surface area is 136 Å². The van der Waals surface area contributed by atoms with Gasteiger partial charge in [0.15, 0.2) is 11.6 Å². The number of halogens is 2. The number of methoxy groups -OCH3 is 1. The summed E-state index contributed by atoms with van der Waals surface area (Å²) in [4.78, 5) is 14.2. The summed E-state index contributed by atoms with van der Waals surface area (Å²) in [6, 6.07) is 4.88. The van der Waals surface area contributed by atoms with Gasteiger partial charge in [-0.1, -0.05) is 6.07 Å². The Hall–Kier alpha value is -1.33. The van der Waals surface area contributed by atoms with E-state index in [1.54, 1.807) is 6.07 Å². The lowest BCUT2D eigenvalue weighted by atomic mass is 10.0. The maximum Gasteiger partial charge on any atom is 0.222 e. The Morgan fingerprint density at radius 2 is 2.05 bits per heavy atom. The number of nitrogens with zero attached hydrogens (tertiary/aromatic N) is 1. The highest BCUT2D eigenvalue weighted by Crippen LogP contribution is 2.27. The van der Waals surface area contributed by atoms with Crippen LogP contribution in [0, 0.1) is 17.7 Å². The maximum atomic E-state index is 13.6. The largest absolute Gasteiger partial charge is 0.494 e. The van der Waals surface area contributed by atoms with Crippen LogP contribution in [0.2, 0.25) is 0 Å². The third kappa shape index (κ3) is 3.52. The van der Waals surface area contributed by atoms with Crippen molar-refractivity contribution in [3.05, 3.63) is 29.6 Å². The maximum absolute atomic E-state index is 13.6. The first-order valence-corrected chi connectivity index (χ1v) is 7.48. The zero-order valence-electron chi connectivity index (χ0n) is 12.7. The van der Waals surface area contributed by atoms with Crippen LogP contribution in [-0.2, 0) is 11.2 Å². The third-order valence-corrected chi connectivity index (χ3v) is 4.59. The topological polar surface area (TPSA) is 41.6 Å². The van der Waals surface area contributed by atoms with Gasteiger partial charge in [0.1, 0.15) is 0 Å². The average molecular weight is 329 g/mol. The van der Waals surface area contributed by atoms with Crippen LogP contribution in [0.1, 0.15) is 12.0 Å². The summed E-state index contributed by atoms with van der Waals surface area (Å²) in [5.74, 6) is 1.29. The Kier molecular flexibility index (Phi) is 5.64. The van der Waals surface area contributed by atoms with Gasteiger partial charge >= 0.3 is 0 Å². The first kappa shape index (κ1) is 17.0. The van der Waals surface area contributed by atoms with E-state index in [-0.39, 0.29) is 29.9 Å². The SMILES string of the molecule is COc1ccc(CCC(=O)N2C[C@H]3CNC[C@H]3C2)cc1F.Cl. The molecule has 3 rings (SSSR count). The molecule has 1 aromatic carbocycles. The lowest BCUT2D eigenvalue weighted by molar-refractivity contribution is -0.130. The number of benzene rings is 1. The second kappa shape index (κ2) is 7.29. The molecule has 122 valence electrons. The normalized spacial score (nSPS) is 23.1. The molecular formula is C16H22ClFN2O2. The van der Waals surface area contributed by atoms with E-state index in [9.17, 15) is 9.18 Å². The standard InChI is InChI=1S/C16H21FN2O2.ClH/c1-21-15-4-2-11(6-14(15)17)3-5-16(20)19-9-12-7-18-8-13(12)10-19;/h2,4,6,12-13,18H,3,5,7-10H2,1H3;1H/t12-,13+;. The quantitative estimate of drug-likeness (QED) is 0.917. The number of fused-ring (bicyclic) bond motifs is 1. The third-order valence-electron chi connectivity index (χ3n) is 4.59. The predicted molar refractivity (Wildman–Crippen MR) is 85.0 cm³/mol. The number of aryl methyl sites for hydroxylation is 1. The van der Waals surface area contributed by atoms with E-state index in [2.05, 4.69) is 5.32 Å². The van der Waals surface area contributed by atoms with Crippen LogP contribution in [-0.4, -0.2) is 44.1 Å². The molecule has 4 nitrogen and oxygen atoms in total. The molecule has 0 bridgehead atoms. The summed E-state index contributed by atoms with van der Waals surface area (Å²) < 4.78 is 18.5. The highest BCUT2D eigenvalue weighted by Gasteiger charge is 2.37. The van der Waals surface area contributed by atoms with Crippen molar-refractivity contribution in [2.45, 2.75) is 12.8 Å². The molecule has 2 aliphatic heterocycles. The molecule has 2 aliphatic rings. The lowest BCUT2D eigenvalue weighted by Gasteiger charge is -2.17. The monoisotopic (exact) mass is 328 g/mol. The van der Waals surface area contributed by atoms with E-state index in [1.807, 2.05) is 11.0 Å². The minimum Gasteiger partial charge on any atom is -0.494 e. The Bertz CT molecular complexity index is 529. The van der Waals surface area contributed by atoms with E-state index in [4.69, 9.17) is 4.74 Å². The molecule has 2 heterocycles. The molecule has 2 atom stereocenters. The summed E-state index contributed by atoms with van der Waals surface area (Å²) in [5, 5.41) is 3.37. The van der Waals surface area contributed by atoms with Crippen LogP contribution < -0.4 is 10.1 Å². The van der Waals surface area contributed by atoms with Crippen molar-refractivity contribution < 1.29 is 13.9 Å². The molecule has 1 amide bonds. The zero-order chi connectivity index (χ0) is 14.8. The van der Waals surface area contributed by atoms with Gasteiger partial charge in [0.25, 0.3) is 0 Å². The van der Waals surface area contributed by atoms with Crippen molar-refractivity contribution in [2.75, 3.05) is 33.3 Å². The number of nitrogens with one attached hydrogen (secondary N) is 1. The van der Waals surface area contributed by atoms with Gasteiger partial charge in [-0.2, -0.15) is 0 Å². The van der Waals surface area contributed by atoms with Crippen molar-refractivity contribution >= 4 is 18.3 Å². The minimum absolute atomic E-state index is 0. The summed E-state index contributed by atoms with van der Waals surface area (Å²) in [5.41, 5.74) is 0.836. The second-order valence-corrected chi connectivity index (χ2v) is 5.95. The number of hydrogen-bond acceptors (Lipinski definition) is 3. The summed E-state index contributed by atoms with van der Waals surface area (Å²) in [7, 11) is 1.45. The molecular weight excluding hydrogens is 307 g/mol. The van der Waals surface area contributed by atoms with Gasteiger partial charge in [-0.3, -0.25) is 4.79 Å². The zero-order valence-corrected chi connectivity index (χ0v) is 13.5. The fourth-order valence-electron chi connectivity index (χ4n) is 3.33. The highest BCUT2D eigenvalue weighted by molar-refractivity contribution is 5.85. The molecule has 2 saturated heterocycles. The van der Waals surface area contributed by atoms with Crippen LogP contribution in [0.3, 0.4) is 0 Å². The molecule has 0 unspecified atom stereocenters. The van der Waals surface area contributed by atoms with Crippen molar-refractivity contribution in [2.24, 2.45) is 11.8 Å². The van der Waals surface area contributed by atoms with Crippen LogP contribution in [0.5, 0.6) is 5.75 Å². The number of carbonyl (C=O) groups is 1. The number of ether oxygens (including phenoxy) is 1. The highest BCUT2D eigenvalue weighted by atomic mass is 35.5. The van der Waals surface area contributed by atoms with Gasteiger partial charge in [0.05, 0.1) is 7.11 Å². The Balaban J connectivity index is 0.00000176. The van der Waals surface area contributed by atoms with Gasteiger partial charge in [-0.05, 0) is 36.0 Å². The molecule has 0 radical (unpaired) electrons. The smallest absolute Gasteiger partial charge is 0.222 e. The van der Waals surface area contributed by atoms with Gasteiger partial charge in [0, 0.05) is 32.6 Å². The molecule has 1 N–H and O–H groups in total. The fraction of sp³-hybridized carbons (Fsp3) is 0.562. The number of carbonyl (C=O) groups excluding carboxylic acids is 1. The number of likely N-dealkylation sites (tertiary alicyclic amines) is 1. The minimum atomic E-state index is -0.371. The van der Waals surface area contributed by atoms with E-state index < -0.39 is 0 Å². The first-order chi connectivity index (χ1) is 10.2. The molecule has 0 saturated carbocycles. The lowest BCUT2D eigenvalue weighted by Crippen LogP contribution is -2.31. The fourth-order valence-corrected chi connectivity index (χ4v) is 3.33. The van der Waals surface area contributed by atoms with E-state index in [0.717, 1.165) is 31.7 Å². The van der Waals surface area contributed by atoms with E-state index >= 15 is 0 Å². The number of amides is 1. The Morgan fingerprint density at radius 3 is 2.64 bits per heavy atom. The molecule has 22 heavy (non-hydrogen) atoms. The van der Waals surface area contributed by atoms with Gasteiger partial charge in [-0.15, -0.1) is 12.4 Å². The number of hydrogen-bond donors (Lipinski definition) is 1. The molecule has 0 spiro atoms. The van der Waals surface area contributed by atoms with Crippen LogP contribution in [0.25, 0.3) is 0 Å². The molecule has 0 aliphatic carbocycles. The predicted octanol–water partition coefficient (Wildman–Crippen LogP) is 1.87. The van der Waals surface area contributed by atoms with Crippen LogP contribution in [0.15, 0.2) is 18.2 Å².